The van der Waals surface area contributed by atoms with E-state index in [0.717, 1.165) is 30.7 Å². The summed E-state index contributed by atoms with van der Waals surface area (Å²) < 4.78 is 5.23. The summed E-state index contributed by atoms with van der Waals surface area (Å²) >= 11 is 0. The molecular weight excluding hydrogens is 316 g/mol. The van der Waals surface area contributed by atoms with E-state index < -0.39 is 0 Å². The van der Waals surface area contributed by atoms with Crippen molar-refractivity contribution in [2.75, 3.05) is 20.7 Å². The van der Waals surface area contributed by atoms with Gasteiger partial charge in [0.2, 0.25) is 11.8 Å². The third kappa shape index (κ3) is 3.51. The Kier molecular flexibility index (Phi) is 5.30. The van der Waals surface area contributed by atoms with Gasteiger partial charge in [-0.05, 0) is 50.3 Å². The van der Waals surface area contributed by atoms with Crippen LogP contribution in [0.1, 0.15) is 50.6 Å². The van der Waals surface area contributed by atoms with E-state index in [1.807, 2.05) is 36.2 Å². The van der Waals surface area contributed by atoms with Crippen LogP contribution in [0.2, 0.25) is 0 Å². The lowest BCUT2D eigenvalue weighted by Crippen LogP contribution is -2.51. The van der Waals surface area contributed by atoms with Gasteiger partial charge in [-0.2, -0.15) is 0 Å². The fourth-order valence-electron chi connectivity index (χ4n) is 4.19. The van der Waals surface area contributed by atoms with Crippen molar-refractivity contribution in [3.8, 4) is 5.75 Å². The molecule has 1 aromatic carbocycles. The van der Waals surface area contributed by atoms with Gasteiger partial charge in [-0.1, -0.05) is 12.1 Å². The molecule has 2 saturated heterocycles. The minimum absolute atomic E-state index is 0.108. The first-order valence-electron chi connectivity index (χ1n) is 9.23. The third-order valence-electron chi connectivity index (χ3n) is 5.72. The molecule has 1 aromatic rings. The average Bonchev–Trinajstić information content (AvgIpc) is 2.64. The van der Waals surface area contributed by atoms with Gasteiger partial charge in [-0.25, -0.2) is 0 Å². The second-order valence-electron chi connectivity index (χ2n) is 7.24. The number of benzene rings is 1. The van der Waals surface area contributed by atoms with Crippen LogP contribution in [-0.4, -0.2) is 48.4 Å². The molecule has 0 radical (unpaired) electrons. The number of nitrogens with zero attached hydrogens (tertiary/aromatic N) is 2. The van der Waals surface area contributed by atoms with Crippen LogP contribution in [-0.2, 0) is 9.59 Å². The summed E-state index contributed by atoms with van der Waals surface area (Å²) in [7, 11) is 3.45. The summed E-state index contributed by atoms with van der Waals surface area (Å²) in [6, 6.07) is 7.83. The number of rotatable bonds is 3. The first-order valence-corrected chi connectivity index (χ1v) is 9.23. The van der Waals surface area contributed by atoms with Crippen LogP contribution in [0.3, 0.4) is 0 Å². The molecule has 0 aromatic heterocycles. The van der Waals surface area contributed by atoms with Gasteiger partial charge in [0.05, 0.1) is 19.1 Å². The summed E-state index contributed by atoms with van der Waals surface area (Å²) in [6.07, 6.45) is 4.41. The third-order valence-corrected chi connectivity index (χ3v) is 5.72. The van der Waals surface area contributed by atoms with Gasteiger partial charge >= 0.3 is 0 Å². The molecule has 3 rings (SSSR count). The Balaban J connectivity index is 1.89. The normalized spacial score (nSPS) is 27.3. The van der Waals surface area contributed by atoms with Crippen LogP contribution < -0.4 is 4.74 Å². The maximum atomic E-state index is 13.3. The Morgan fingerprint density at radius 2 is 1.88 bits per heavy atom. The summed E-state index contributed by atoms with van der Waals surface area (Å²) in [5.74, 6) is 0.918. The fraction of sp³-hybridized carbons (Fsp3) is 0.600. The molecule has 0 spiro atoms. The van der Waals surface area contributed by atoms with Gasteiger partial charge < -0.3 is 14.5 Å². The van der Waals surface area contributed by atoms with Crippen molar-refractivity contribution in [1.29, 1.82) is 0 Å². The van der Waals surface area contributed by atoms with Crippen LogP contribution in [0.4, 0.5) is 0 Å². The average molecular weight is 344 g/mol. The minimum atomic E-state index is -0.200. The zero-order chi connectivity index (χ0) is 18.0. The summed E-state index contributed by atoms with van der Waals surface area (Å²) in [5.41, 5.74) is 0.999. The highest BCUT2D eigenvalue weighted by Gasteiger charge is 2.41. The van der Waals surface area contributed by atoms with Crippen molar-refractivity contribution >= 4 is 11.8 Å². The van der Waals surface area contributed by atoms with Gasteiger partial charge in [-0.15, -0.1) is 0 Å². The molecule has 2 heterocycles. The first-order chi connectivity index (χ1) is 12.0. The molecule has 0 unspecified atom stereocenters. The summed E-state index contributed by atoms with van der Waals surface area (Å²) in [4.78, 5) is 29.4. The fourth-order valence-corrected chi connectivity index (χ4v) is 4.19. The lowest BCUT2D eigenvalue weighted by molar-refractivity contribution is -0.148. The van der Waals surface area contributed by atoms with Crippen molar-refractivity contribution in [2.45, 2.75) is 51.1 Å². The zero-order valence-electron chi connectivity index (χ0n) is 15.4. The minimum Gasteiger partial charge on any atom is -0.497 e. The molecule has 2 aliphatic rings. The van der Waals surface area contributed by atoms with Crippen molar-refractivity contribution in [3.63, 3.8) is 0 Å². The predicted molar refractivity (Wildman–Crippen MR) is 96.3 cm³/mol. The van der Waals surface area contributed by atoms with Crippen LogP contribution in [0.25, 0.3) is 0 Å². The predicted octanol–water partition coefficient (Wildman–Crippen LogP) is 3.01. The van der Waals surface area contributed by atoms with Gasteiger partial charge in [-0.3, -0.25) is 9.59 Å². The summed E-state index contributed by atoms with van der Waals surface area (Å²) in [6.45, 7) is 2.97. The highest BCUT2D eigenvalue weighted by Crippen LogP contribution is 2.38. The van der Waals surface area contributed by atoms with E-state index in [4.69, 9.17) is 4.74 Å². The Bertz CT molecular complexity index is 628. The Labute approximate surface area is 149 Å². The standard InChI is InChI=1S/C20H28N2O3/c1-14-6-4-5-13-22(14)20(24)17-11-12-18(23)21(2)19(17)15-7-9-16(25-3)10-8-15/h7-10,14,17,19H,4-6,11-13H2,1-3H3/t14-,17+,19+/m0/s1. The quantitative estimate of drug-likeness (QED) is 0.847. The van der Waals surface area contributed by atoms with Crippen molar-refractivity contribution in [3.05, 3.63) is 29.8 Å². The number of carbonyl (C=O) groups excluding carboxylic acids is 2. The van der Waals surface area contributed by atoms with Crippen LogP contribution in [0.5, 0.6) is 5.75 Å². The van der Waals surface area contributed by atoms with Crippen LogP contribution >= 0.6 is 0 Å². The molecule has 0 N–H and O–H groups in total. The number of piperidine rings is 2. The first kappa shape index (κ1) is 17.8. The largest absolute Gasteiger partial charge is 0.497 e. The van der Waals surface area contributed by atoms with Crippen LogP contribution in [0.15, 0.2) is 24.3 Å². The van der Waals surface area contributed by atoms with Crippen molar-refractivity contribution < 1.29 is 14.3 Å². The maximum Gasteiger partial charge on any atom is 0.228 e. The molecule has 25 heavy (non-hydrogen) atoms. The molecule has 5 heteroatoms. The van der Waals surface area contributed by atoms with E-state index in [-0.39, 0.29) is 23.8 Å². The Morgan fingerprint density at radius 1 is 1.16 bits per heavy atom. The second kappa shape index (κ2) is 7.46. The number of likely N-dealkylation sites (tertiary alicyclic amines) is 2. The van der Waals surface area contributed by atoms with Gasteiger partial charge in [0, 0.05) is 26.1 Å². The van der Waals surface area contributed by atoms with E-state index in [0.29, 0.717) is 18.9 Å². The number of carbonyl (C=O) groups is 2. The van der Waals surface area contributed by atoms with E-state index in [2.05, 4.69) is 6.92 Å². The van der Waals surface area contributed by atoms with E-state index in [1.54, 1.807) is 12.0 Å². The van der Waals surface area contributed by atoms with E-state index >= 15 is 0 Å². The van der Waals surface area contributed by atoms with Gasteiger partial charge in [0.25, 0.3) is 0 Å². The molecule has 2 aliphatic heterocycles. The number of ether oxygens (including phenoxy) is 1. The molecule has 0 bridgehead atoms. The van der Waals surface area contributed by atoms with Gasteiger partial charge in [0.1, 0.15) is 5.75 Å². The number of methoxy groups -OCH3 is 1. The molecule has 0 aliphatic carbocycles. The molecule has 2 fully saturated rings. The highest BCUT2D eigenvalue weighted by molar-refractivity contribution is 5.85. The lowest BCUT2D eigenvalue weighted by atomic mass is 9.83. The highest BCUT2D eigenvalue weighted by atomic mass is 16.5. The van der Waals surface area contributed by atoms with Crippen LogP contribution in [0, 0.1) is 5.92 Å². The number of amides is 2. The molecular formula is C20H28N2O3. The molecule has 3 atom stereocenters. The molecule has 0 saturated carbocycles. The topological polar surface area (TPSA) is 49.9 Å². The smallest absolute Gasteiger partial charge is 0.228 e. The SMILES string of the molecule is COc1ccc([C@@H]2[C@H](C(=O)N3CCCC[C@@H]3C)CCC(=O)N2C)cc1. The lowest BCUT2D eigenvalue weighted by Gasteiger charge is -2.43. The maximum absolute atomic E-state index is 13.3. The van der Waals surface area contributed by atoms with Gasteiger partial charge in [0.15, 0.2) is 0 Å². The zero-order valence-corrected chi connectivity index (χ0v) is 15.4. The summed E-state index contributed by atoms with van der Waals surface area (Å²) in [5, 5.41) is 0. The monoisotopic (exact) mass is 344 g/mol. The van der Waals surface area contributed by atoms with Crippen molar-refractivity contribution in [1.82, 2.24) is 9.80 Å². The Morgan fingerprint density at radius 3 is 2.52 bits per heavy atom. The number of hydrogen-bond donors (Lipinski definition) is 0. The van der Waals surface area contributed by atoms with E-state index in [9.17, 15) is 9.59 Å². The van der Waals surface area contributed by atoms with E-state index in [1.165, 1.54) is 6.42 Å². The second-order valence-corrected chi connectivity index (χ2v) is 7.24. The number of hydrogen-bond acceptors (Lipinski definition) is 3. The molecule has 5 nitrogen and oxygen atoms in total. The Hall–Kier alpha value is -2.04. The molecule has 2 amide bonds. The molecule has 136 valence electrons. The van der Waals surface area contributed by atoms with Crippen molar-refractivity contribution in [2.24, 2.45) is 5.92 Å².